The van der Waals surface area contributed by atoms with Gasteiger partial charge in [-0.15, -0.1) is 0 Å². The number of rotatable bonds is 4. The molecule has 0 saturated carbocycles. The molecule has 1 atom stereocenters. The Hall–Kier alpha value is -2.79. The Balaban J connectivity index is 1.63. The number of carbonyl (C=O) groups excluding carboxylic acids is 1. The molecule has 4 rings (SSSR count). The van der Waals surface area contributed by atoms with Crippen LogP contribution in [0.25, 0.3) is 0 Å². The maximum atomic E-state index is 12.0. The minimum absolute atomic E-state index is 0.0357. The van der Waals surface area contributed by atoms with E-state index in [0.717, 1.165) is 22.4 Å². The van der Waals surface area contributed by atoms with Gasteiger partial charge in [-0.2, -0.15) is 5.10 Å². The predicted molar refractivity (Wildman–Crippen MR) is 95.9 cm³/mol. The number of benzene rings is 2. The van der Waals surface area contributed by atoms with Gasteiger partial charge in [0.1, 0.15) is 18.2 Å². The number of aromatic amines is 1. The van der Waals surface area contributed by atoms with Crippen LogP contribution in [0.3, 0.4) is 0 Å². The molecule has 0 saturated heterocycles. The van der Waals surface area contributed by atoms with Gasteiger partial charge in [-0.3, -0.25) is 9.89 Å². The quantitative estimate of drug-likeness (QED) is 0.741. The van der Waals surface area contributed by atoms with Crippen LogP contribution in [-0.4, -0.2) is 16.1 Å². The molecule has 6 heteroatoms. The number of carbonyl (C=O) groups is 1. The van der Waals surface area contributed by atoms with Gasteiger partial charge in [0.15, 0.2) is 0 Å². The maximum Gasteiger partial charge on any atom is 0.226 e. The Morgan fingerprint density at radius 3 is 2.92 bits per heavy atom. The molecular formula is C19H16ClN3O2. The summed E-state index contributed by atoms with van der Waals surface area (Å²) in [6.45, 7) is 0.411. The Morgan fingerprint density at radius 2 is 2.04 bits per heavy atom. The molecule has 1 aliphatic rings. The van der Waals surface area contributed by atoms with E-state index in [2.05, 4.69) is 15.5 Å². The molecule has 0 unspecified atom stereocenters. The molecule has 2 N–H and O–H groups in total. The highest BCUT2D eigenvalue weighted by Crippen LogP contribution is 2.39. The summed E-state index contributed by atoms with van der Waals surface area (Å²) >= 11 is 6.03. The number of fused-ring (bicyclic) bond motifs is 1. The number of H-pyrrole nitrogens is 1. The van der Waals surface area contributed by atoms with Crippen molar-refractivity contribution >= 4 is 23.3 Å². The Labute approximate surface area is 150 Å². The van der Waals surface area contributed by atoms with Crippen molar-refractivity contribution in [1.29, 1.82) is 0 Å². The Kier molecular flexibility index (Phi) is 4.15. The summed E-state index contributed by atoms with van der Waals surface area (Å²) in [7, 11) is 0. The van der Waals surface area contributed by atoms with Gasteiger partial charge in [-0.1, -0.05) is 41.9 Å². The molecule has 1 aromatic heterocycles. The fourth-order valence-corrected chi connectivity index (χ4v) is 3.32. The van der Waals surface area contributed by atoms with Gasteiger partial charge in [0.25, 0.3) is 0 Å². The molecule has 2 heterocycles. The molecule has 126 valence electrons. The van der Waals surface area contributed by atoms with Crippen LogP contribution in [0.15, 0.2) is 54.7 Å². The smallest absolute Gasteiger partial charge is 0.226 e. The van der Waals surface area contributed by atoms with E-state index in [0.29, 0.717) is 23.9 Å². The first-order chi connectivity index (χ1) is 12.2. The van der Waals surface area contributed by atoms with E-state index in [4.69, 9.17) is 16.3 Å². The van der Waals surface area contributed by atoms with Crippen molar-refractivity contribution in [3.05, 3.63) is 76.4 Å². The highest BCUT2D eigenvalue weighted by molar-refractivity contribution is 6.30. The highest BCUT2D eigenvalue weighted by atomic mass is 35.5. The van der Waals surface area contributed by atoms with Crippen molar-refractivity contribution in [2.45, 2.75) is 18.9 Å². The maximum absolute atomic E-state index is 12.0. The van der Waals surface area contributed by atoms with Gasteiger partial charge in [-0.05, 0) is 23.8 Å². The lowest BCUT2D eigenvalue weighted by Crippen LogP contribution is -2.23. The van der Waals surface area contributed by atoms with Crippen molar-refractivity contribution in [2.75, 3.05) is 5.32 Å². The first-order valence-electron chi connectivity index (χ1n) is 8.00. The molecule has 0 fully saturated rings. The van der Waals surface area contributed by atoms with Crippen molar-refractivity contribution < 1.29 is 9.53 Å². The van der Waals surface area contributed by atoms with Crippen LogP contribution in [0.2, 0.25) is 5.02 Å². The summed E-state index contributed by atoms with van der Waals surface area (Å²) in [5, 5.41) is 10.4. The first-order valence-corrected chi connectivity index (χ1v) is 8.38. The van der Waals surface area contributed by atoms with Crippen LogP contribution < -0.4 is 10.1 Å². The van der Waals surface area contributed by atoms with Crippen LogP contribution in [0.1, 0.15) is 29.0 Å². The zero-order valence-corrected chi connectivity index (χ0v) is 14.1. The highest BCUT2D eigenvalue weighted by Gasteiger charge is 2.29. The fourth-order valence-electron chi connectivity index (χ4n) is 3.11. The number of para-hydroxylation sites is 1. The summed E-state index contributed by atoms with van der Waals surface area (Å²) in [5.74, 6) is 1.30. The zero-order valence-electron chi connectivity index (χ0n) is 13.3. The van der Waals surface area contributed by atoms with E-state index in [1.54, 1.807) is 6.20 Å². The molecule has 5 nitrogen and oxygen atoms in total. The molecule has 25 heavy (non-hydrogen) atoms. The summed E-state index contributed by atoms with van der Waals surface area (Å²) < 4.78 is 6.04. The van der Waals surface area contributed by atoms with Crippen LogP contribution in [0.5, 0.6) is 5.75 Å². The summed E-state index contributed by atoms with van der Waals surface area (Å²) in [5.41, 5.74) is 2.94. The molecule has 3 aromatic rings. The number of amides is 1. The van der Waals surface area contributed by atoms with E-state index in [1.807, 2.05) is 48.5 Å². The van der Waals surface area contributed by atoms with Gasteiger partial charge < -0.3 is 10.1 Å². The summed E-state index contributed by atoms with van der Waals surface area (Å²) in [6, 6.07) is 15.4. The number of ether oxygens (including phenoxy) is 1. The number of halogens is 1. The lowest BCUT2D eigenvalue weighted by atomic mass is 9.87. The number of anilines is 1. The van der Waals surface area contributed by atoms with E-state index in [9.17, 15) is 4.79 Å². The molecule has 0 radical (unpaired) electrons. The Bertz CT molecular complexity index is 922. The standard InChI is InChI=1S/C19H16ClN3O2/c20-13-5-3-4-12(8-13)11-25-17-7-2-1-6-14(17)15-9-18(24)22-19-16(15)10-21-23-19/h1-8,10,15H,9,11H2,(H2,21,22,23,24)/t15-/m0/s1. The van der Waals surface area contributed by atoms with Crippen molar-refractivity contribution in [1.82, 2.24) is 10.2 Å². The largest absolute Gasteiger partial charge is 0.489 e. The van der Waals surface area contributed by atoms with E-state index < -0.39 is 0 Å². The van der Waals surface area contributed by atoms with E-state index in [1.165, 1.54) is 0 Å². The SMILES string of the molecule is O=C1C[C@@H](c2ccccc2OCc2cccc(Cl)c2)c2cn[nH]c2N1. The average Bonchev–Trinajstić information content (AvgIpc) is 3.08. The van der Waals surface area contributed by atoms with Gasteiger partial charge in [0, 0.05) is 28.5 Å². The predicted octanol–water partition coefficient (Wildman–Crippen LogP) is 4.12. The number of nitrogens with zero attached hydrogens (tertiary/aromatic N) is 1. The second kappa shape index (κ2) is 6.61. The monoisotopic (exact) mass is 353 g/mol. The van der Waals surface area contributed by atoms with Crippen molar-refractivity contribution in [2.24, 2.45) is 0 Å². The van der Waals surface area contributed by atoms with Gasteiger partial charge in [0.05, 0.1) is 6.20 Å². The first kappa shape index (κ1) is 15.7. The molecular weight excluding hydrogens is 338 g/mol. The Morgan fingerprint density at radius 1 is 1.16 bits per heavy atom. The third-order valence-corrected chi connectivity index (χ3v) is 4.51. The number of hydrogen-bond donors (Lipinski definition) is 2. The molecule has 0 bridgehead atoms. The lowest BCUT2D eigenvalue weighted by molar-refractivity contribution is -0.116. The second-order valence-electron chi connectivity index (χ2n) is 5.96. The third-order valence-electron chi connectivity index (χ3n) is 4.28. The molecule has 0 aliphatic carbocycles. The fraction of sp³-hybridized carbons (Fsp3) is 0.158. The number of nitrogens with one attached hydrogen (secondary N) is 2. The zero-order chi connectivity index (χ0) is 17.2. The molecule has 2 aromatic carbocycles. The topological polar surface area (TPSA) is 67.0 Å². The van der Waals surface area contributed by atoms with Crippen LogP contribution in [0.4, 0.5) is 5.82 Å². The average molecular weight is 354 g/mol. The minimum atomic E-state index is -0.0851. The van der Waals surface area contributed by atoms with Crippen molar-refractivity contribution in [3.8, 4) is 5.75 Å². The molecule has 1 aliphatic heterocycles. The van der Waals surface area contributed by atoms with E-state index >= 15 is 0 Å². The van der Waals surface area contributed by atoms with Crippen LogP contribution in [0, 0.1) is 0 Å². The van der Waals surface area contributed by atoms with Gasteiger partial charge >= 0.3 is 0 Å². The van der Waals surface area contributed by atoms with Crippen molar-refractivity contribution in [3.63, 3.8) is 0 Å². The summed E-state index contributed by atoms with van der Waals surface area (Å²) in [4.78, 5) is 12.0. The minimum Gasteiger partial charge on any atom is -0.489 e. The van der Waals surface area contributed by atoms with Gasteiger partial charge in [0.2, 0.25) is 5.91 Å². The van der Waals surface area contributed by atoms with Gasteiger partial charge in [-0.25, -0.2) is 0 Å². The molecule has 1 amide bonds. The second-order valence-corrected chi connectivity index (χ2v) is 6.40. The number of hydrogen-bond acceptors (Lipinski definition) is 3. The normalized spacial score (nSPS) is 16.2. The summed E-state index contributed by atoms with van der Waals surface area (Å²) in [6.07, 6.45) is 2.12. The van der Waals surface area contributed by atoms with Crippen LogP contribution in [-0.2, 0) is 11.4 Å². The third kappa shape index (κ3) is 3.23. The lowest BCUT2D eigenvalue weighted by Gasteiger charge is -2.24. The number of aromatic nitrogens is 2. The van der Waals surface area contributed by atoms with E-state index in [-0.39, 0.29) is 11.8 Å². The molecule has 0 spiro atoms. The van der Waals surface area contributed by atoms with Crippen LogP contribution >= 0.6 is 11.6 Å².